The third kappa shape index (κ3) is 2.74. The molecule has 0 radical (unpaired) electrons. The highest BCUT2D eigenvalue weighted by atomic mass is 16.5. The van der Waals surface area contributed by atoms with Crippen molar-refractivity contribution in [1.82, 2.24) is 14.8 Å². The largest absolute Gasteiger partial charge is 0.379 e. The molecule has 22 heavy (non-hydrogen) atoms. The third-order valence-corrected chi connectivity index (χ3v) is 4.88. The lowest BCUT2D eigenvalue weighted by Gasteiger charge is -2.30. The zero-order valence-electron chi connectivity index (χ0n) is 13.1. The van der Waals surface area contributed by atoms with E-state index in [0.717, 1.165) is 44.9 Å². The Morgan fingerprint density at radius 1 is 1.14 bits per heavy atom. The number of pyridine rings is 1. The van der Waals surface area contributed by atoms with Gasteiger partial charge >= 0.3 is 0 Å². The first-order chi connectivity index (χ1) is 10.8. The van der Waals surface area contributed by atoms with Gasteiger partial charge < -0.3 is 9.64 Å². The molecule has 4 heteroatoms. The van der Waals surface area contributed by atoms with E-state index in [4.69, 9.17) is 4.74 Å². The molecule has 4 rings (SSSR count). The highest BCUT2D eigenvalue weighted by Crippen LogP contribution is 2.24. The second kappa shape index (κ2) is 5.95. The molecule has 2 atom stereocenters. The molecule has 2 aliphatic rings. The molecule has 0 aliphatic carbocycles. The molecule has 4 nitrogen and oxygen atoms in total. The third-order valence-electron chi connectivity index (χ3n) is 4.88. The Morgan fingerprint density at radius 3 is 3.00 bits per heavy atom. The van der Waals surface area contributed by atoms with Crippen LogP contribution >= 0.6 is 0 Å². The maximum Gasteiger partial charge on any atom is 0.0705 e. The molecule has 116 valence electrons. The van der Waals surface area contributed by atoms with Crippen molar-refractivity contribution in [3.8, 4) is 0 Å². The molecular weight excluding hydrogens is 274 g/mol. The van der Waals surface area contributed by atoms with Crippen molar-refractivity contribution in [1.29, 1.82) is 0 Å². The van der Waals surface area contributed by atoms with Gasteiger partial charge in [0.15, 0.2) is 0 Å². The Bertz CT molecular complexity index is 654. The number of likely N-dealkylation sites (N-methyl/N-ethyl adjacent to an activating group) is 1. The van der Waals surface area contributed by atoms with Crippen molar-refractivity contribution >= 4 is 10.9 Å². The summed E-state index contributed by atoms with van der Waals surface area (Å²) in [6, 6.07) is 11.1. The van der Waals surface area contributed by atoms with Gasteiger partial charge in [-0.1, -0.05) is 18.2 Å². The minimum atomic E-state index is 0.490. The first kappa shape index (κ1) is 14.1. The number of nitrogens with zero attached hydrogens (tertiary/aromatic N) is 3. The number of ether oxygens (including phenoxy) is 1. The van der Waals surface area contributed by atoms with E-state index in [1.54, 1.807) is 0 Å². The van der Waals surface area contributed by atoms with Gasteiger partial charge in [0.25, 0.3) is 0 Å². The van der Waals surface area contributed by atoms with Crippen LogP contribution in [0.25, 0.3) is 10.9 Å². The van der Waals surface area contributed by atoms with Crippen molar-refractivity contribution in [3.05, 3.63) is 42.1 Å². The predicted molar refractivity (Wildman–Crippen MR) is 87.7 cm³/mol. The molecular formula is C18H23N3O. The zero-order chi connectivity index (χ0) is 14.9. The highest BCUT2D eigenvalue weighted by molar-refractivity contribution is 5.81. The molecule has 0 spiro atoms. The number of para-hydroxylation sites is 1. The van der Waals surface area contributed by atoms with Crippen LogP contribution in [0.5, 0.6) is 0 Å². The smallest absolute Gasteiger partial charge is 0.0705 e. The Balaban J connectivity index is 1.64. The van der Waals surface area contributed by atoms with Crippen LogP contribution in [-0.2, 0) is 11.3 Å². The fourth-order valence-corrected chi connectivity index (χ4v) is 3.87. The van der Waals surface area contributed by atoms with E-state index >= 15 is 0 Å². The summed E-state index contributed by atoms with van der Waals surface area (Å²) in [5.74, 6) is 0.616. The molecule has 2 bridgehead atoms. The van der Waals surface area contributed by atoms with Crippen molar-refractivity contribution in [2.45, 2.75) is 12.6 Å². The van der Waals surface area contributed by atoms with Crippen molar-refractivity contribution < 1.29 is 4.74 Å². The van der Waals surface area contributed by atoms with Gasteiger partial charge in [0.05, 0.1) is 18.7 Å². The van der Waals surface area contributed by atoms with Crippen LogP contribution in [-0.4, -0.2) is 60.7 Å². The van der Waals surface area contributed by atoms with Crippen LogP contribution in [0.1, 0.15) is 5.56 Å². The minimum Gasteiger partial charge on any atom is -0.379 e. The van der Waals surface area contributed by atoms with Gasteiger partial charge in [0, 0.05) is 49.7 Å². The lowest BCUT2D eigenvalue weighted by molar-refractivity contribution is 0.0562. The van der Waals surface area contributed by atoms with Gasteiger partial charge in [0.2, 0.25) is 0 Å². The first-order valence-electron chi connectivity index (χ1n) is 8.12. The van der Waals surface area contributed by atoms with E-state index in [1.165, 1.54) is 10.9 Å². The quantitative estimate of drug-likeness (QED) is 0.848. The van der Waals surface area contributed by atoms with Crippen LogP contribution < -0.4 is 0 Å². The topological polar surface area (TPSA) is 28.6 Å². The molecule has 1 aromatic heterocycles. The summed E-state index contributed by atoms with van der Waals surface area (Å²) >= 11 is 0. The van der Waals surface area contributed by atoms with E-state index in [0.29, 0.717) is 12.0 Å². The normalized spacial score (nSPS) is 27.0. The molecule has 1 aromatic carbocycles. The number of rotatable bonds is 2. The predicted octanol–water partition coefficient (Wildman–Crippen LogP) is 2.00. The average Bonchev–Trinajstić information content (AvgIpc) is 2.77. The summed E-state index contributed by atoms with van der Waals surface area (Å²) < 4.78 is 5.88. The van der Waals surface area contributed by atoms with Crippen LogP contribution in [0.3, 0.4) is 0 Å². The van der Waals surface area contributed by atoms with E-state index < -0.39 is 0 Å². The average molecular weight is 297 g/mol. The highest BCUT2D eigenvalue weighted by Gasteiger charge is 2.32. The maximum absolute atomic E-state index is 5.88. The standard InChI is InChI=1S/C18H23N3O/c1-20-8-14-9-21(16(11-20)13-22-12-14)10-15-6-7-19-18-5-3-2-4-17(15)18/h2-7,14,16H,8-13H2,1H3/t14-,16-/m0/s1. The Hall–Kier alpha value is -1.49. The van der Waals surface area contributed by atoms with Gasteiger partial charge in [-0.05, 0) is 24.7 Å². The molecule has 0 amide bonds. The molecule has 2 aromatic rings. The van der Waals surface area contributed by atoms with Gasteiger partial charge in [-0.2, -0.15) is 0 Å². The van der Waals surface area contributed by atoms with Crippen molar-refractivity contribution in [3.63, 3.8) is 0 Å². The van der Waals surface area contributed by atoms with E-state index in [9.17, 15) is 0 Å². The Morgan fingerprint density at radius 2 is 2.05 bits per heavy atom. The van der Waals surface area contributed by atoms with E-state index in [1.807, 2.05) is 6.20 Å². The summed E-state index contributed by atoms with van der Waals surface area (Å²) in [4.78, 5) is 9.56. The maximum atomic E-state index is 5.88. The van der Waals surface area contributed by atoms with E-state index in [-0.39, 0.29) is 0 Å². The fraction of sp³-hybridized carbons (Fsp3) is 0.500. The van der Waals surface area contributed by atoms with Gasteiger partial charge in [-0.15, -0.1) is 0 Å². The molecule has 2 aliphatic heterocycles. The van der Waals surface area contributed by atoms with Crippen LogP contribution in [0.15, 0.2) is 36.5 Å². The van der Waals surface area contributed by atoms with E-state index in [2.05, 4.69) is 52.2 Å². The number of hydrogen-bond acceptors (Lipinski definition) is 4. The number of hydrogen-bond donors (Lipinski definition) is 0. The number of benzene rings is 1. The summed E-state index contributed by atoms with van der Waals surface area (Å²) in [5.41, 5.74) is 2.46. The first-order valence-corrected chi connectivity index (χ1v) is 8.12. The molecule has 0 saturated carbocycles. The monoisotopic (exact) mass is 297 g/mol. The van der Waals surface area contributed by atoms with Gasteiger partial charge in [-0.3, -0.25) is 9.88 Å². The Labute approximate surface area is 131 Å². The van der Waals surface area contributed by atoms with Crippen LogP contribution in [0, 0.1) is 5.92 Å². The van der Waals surface area contributed by atoms with Crippen molar-refractivity contribution in [2.24, 2.45) is 5.92 Å². The summed E-state index contributed by atoms with van der Waals surface area (Å²) in [5, 5.41) is 1.28. The lowest BCUT2D eigenvalue weighted by atomic mass is 10.1. The van der Waals surface area contributed by atoms with Gasteiger partial charge in [-0.25, -0.2) is 0 Å². The number of aromatic nitrogens is 1. The molecule has 3 heterocycles. The van der Waals surface area contributed by atoms with Gasteiger partial charge in [0.1, 0.15) is 0 Å². The Kier molecular flexibility index (Phi) is 3.82. The van der Waals surface area contributed by atoms with Crippen LogP contribution in [0.2, 0.25) is 0 Å². The SMILES string of the molecule is CN1C[C@@H]2COC[C@H](C1)N(Cc1ccnc3ccccc13)C2. The zero-order valence-corrected chi connectivity index (χ0v) is 13.1. The number of fused-ring (bicyclic) bond motifs is 4. The van der Waals surface area contributed by atoms with Crippen LogP contribution in [0.4, 0.5) is 0 Å². The molecule has 0 unspecified atom stereocenters. The molecule has 0 N–H and O–H groups in total. The molecule has 2 saturated heterocycles. The fourth-order valence-electron chi connectivity index (χ4n) is 3.87. The summed E-state index contributed by atoms with van der Waals surface area (Å²) in [6.07, 6.45) is 1.93. The van der Waals surface area contributed by atoms with Crippen molar-refractivity contribution in [2.75, 3.05) is 39.9 Å². The summed E-state index contributed by atoms with van der Waals surface area (Å²) in [6.45, 7) is 6.11. The summed E-state index contributed by atoms with van der Waals surface area (Å²) in [7, 11) is 2.23. The lowest BCUT2D eigenvalue weighted by Crippen LogP contribution is -2.42. The second-order valence-corrected chi connectivity index (χ2v) is 6.70. The second-order valence-electron chi connectivity index (χ2n) is 6.70. The minimum absolute atomic E-state index is 0.490. The molecule has 2 fully saturated rings.